The Balaban J connectivity index is 2.08. The van der Waals surface area contributed by atoms with Crippen molar-refractivity contribution in [3.8, 4) is 0 Å². The first-order valence-corrected chi connectivity index (χ1v) is 4.40. The highest BCUT2D eigenvalue weighted by atomic mass is 14.7. The molecule has 0 aromatic heterocycles. The van der Waals surface area contributed by atoms with E-state index in [1.54, 1.807) is 0 Å². The van der Waals surface area contributed by atoms with Crippen LogP contribution in [0.2, 0.25) is 0 Å². The molecule has 0 spiro atoms. The van der Waals surface area contributed by atoms with E-state index in [2.05, 4.69) is 25.0 Å². The van der Waals surface area contributed by atoms with Crippen LogP contribution in [-0.4, -0.2) is 0 Å². The molecule has 5 radical (unpaired) electrons. The van der Waals surface area contributed by atoms with Crippen molar-refractivity contribution >= 4 is 0 Å². The molecular weight excluding hydrogens is 158 g/mol. The van der Waals surface area contributed by atoms with E-state index in [1.165, 1.54) is 5.92 Å². The second kappa shape index (κ2) is 3.93. The Bertz CT molecular complexity index is 249. The zero-order chi connectivity index (χ0) is 9.10. The zero-order valence-corrected chi connectivity index (χ0v) is 7.35. The third-order valence-electron chi connectivity index (χ3n) is 2.21. The van der Waals surface area contributed by atoms with E-state index in [0.29, 0.717) is 0 Å². The minimum Gasteiger partial charge on any atom is -0.323 e. The van der Waals surface area contributed by atoms with Gasteiger partial charge in [-0.3, -0.25) is 0 Å². The first-order valence-electron chi connectivity index (χ1n) is 4.40. The van der Waals surface area contributed by atoms with Crippen molar-refractivity contribution < 1.29 is 0 Å². The van der Waals surface area contributed by atoms with Gasteiger partial charge in [-0.15, -0.1) is 0 Å². The largest absolute Gasteiger partial charge is 0.323 e. The lowest BCUT2D eigenvalue weighted by atomic mass is 9.93. The molecule has 2 rings (SSSR count). The van der Waals surface area contributed by atoms with Crippen LogP contribution in [0.4, 0.5) is 0 Å². The molecule has 1 aliphatic rings. The molecule has 0 heterocycles. The summed E-state index contributed by atoms with van der Waals surface area (Å²) in [5.41, 5.74) is 7.22. The molecule has 1 fully saturated rings. The molecule has 1 atom stereocenters. The summed E-state index contributed by atoms with van der Waals surface area (Å²) in [6, 6.07) is 10.1. The average molecular weight is 170 g/mol. The van der Waals surface area contributed by atoms with Gasteiger partial charge in [0.1, 0.15) is 0 Å². The lowest BCUT2D eigenvalue weighted by Crippen LogP contribution is -2.17. The number of benzene rings is 1. The van der Waals surface area contributed by atoms with Crippen molar-refractivity contribution in [1.29, 1.82) is 0 Å². The van der Waals surface area contributed by atoms with Gasteiger partial charge < -0.3 is 5.73 Å². The molecule has 1 heteroatoms. The van der Waals surface area contributed by atoms with Crippen molar-refractivity contribution in [3.05, 3.63) is 67.5 Å². The summed E-state index contributed by atoms with van der Waals surface area (Å²) < 4.78 is 0. The van der Waals surface area contributed by atoms with Gasteiger partial charge in [0.25, 0.3) is 0 Å². The summed E-state index contributed by atoms with van der Waals surface area (Å²) >= 11 is 0. The molecule has 2 N–H and O–H groups in total. The molecule has 0 bridgehead atoms. The van der Waals surface area contributed by atoms with Crippen LogP contribution >= 0.6 is 0 Å². The summed E-state index contributed by atoms with van der Waals surface area (Å²) in [6.45, 7) is 0. The van der Waals surface area contributed by atoms with Crippen LogP contribution in [0, 0.1) is 31.6 Å². The van der Waals surface area contributed by atoms with E-state index in [4.69, 9.17) is 5.73 Å². The van der Waals surface area contributed by atoms with Gasteiger partial charge in [0.2, 0.25) is 0 Å². The summed E-state index contributed by atoms with van der Waals surface area (Å²) in [7, 11) is 0. The molecule has 65 valence electrons. The first-order chi connectivity index (χ1) is 6.38. The highest BCUT2D eigenvalue weighted by molar-refractivity contribution is 5.42. The minimum absolute atomic E-state index is 0.0104. The van der Waals surface area contributed by atoms with Gasteiger partial charge in [-0.2, -0.15) is 0 Å². The summed E-state index contributed by atoms with van der Waals surface area (Å²) in [6.07, 6.45) is 8.13. The van der Waals surface area contributed by atoms with Crippen molar-refractivity contribution in [2.45, 2.75) is 6.04 Å². The summed E-state index contributed by atoms with van der Waals surface area (Å²) in [4.78, 5) is 0. The van der Waals surface area contributed by atoms with Crippen LogP contribution in [0.1, 0.15) is 11.6 Å². The van der Waals surface area contributed by atoms with Gasteiger partial charge in [0, 0.05) is 12.0 Å². The molecule has 0 amide bonds. The maximum absolute atomic E-state index is 6.06. The Labute approximate surface area is 80.0 Å². The van der Waals surface area contributed by atoms with E-state index in [-0.39, 0.29) is 6.04 Å². The van der Waals surface area contributed by atoms with E-state index >= 15 is 0 Å². The van der Waals surface area contributed by atoms with Crippen LogP contribution in [0.3, 0.4) is 0 Å². The number of nitrogens with two attached hydrogens (primary N) is 1. The predicted octanol–water partition coefficient (Wildman–Crippen LogP) is 2.09. The maximum Gasteiger partial charge on any atom is 0.0364 e. The van der Waals surface area contributed by atoms with E-state index in [0.717, 1.165) is 5.56 Å². The minimum atomic E-state index is 0.0104. The number of rotatable bonds is 2. The summed E-state index contributed by atoms with van der Waals surface area (Å²) in [5, 5.41) is 0. The van der Waals surface area contributed by atoms with Crippen LogP contribution in [0.15, 0.2) is 30.3 Å². The van der Waals surface area contributed by atoms with Crippen LogP contribution in [0.25, 0.3) is 0 Å². The van der Waals surface area contributed by atoms with Gasteiger partial charge in [-0.25, -0.2) is 0 Å². The molecular formula is C12H12N. The standard InChI is InChI=1S/C12H12N/c13-12(11-8-4-5-9-11)10-6-2-1-3-7-10/h1-9,12H,13H2/t12-/m0/s1. The van der Waals surface area contributed by atoms with E-state index in [1.807, 2.05) is 31.0 Å². The Morgan fingerprint density at radius 1 is 0.923 bits per heavy atom. The Morgan fingerprint density at radius 2 is 1.54 bits per heavy atom. The van der Waals surface area contributed by atoms with Crippen molar-refractivity contribution in [2.75, 3.05) is 0 Å². The normalized spacial score (nSPS) is 20.4. The van der Waals surface area contributed by atoms with Gasteiger partial charge in [0.05, 0.1) is 0 Å². The molecule has 1 aliphatic carbocycles. The van der Waals surface area contributed by atoms with Crippen molar-refractivity contribution in [2.24, 2.45) is 5.73 Å². The fourth-order valence-corrected chi connectivity index (χ4v) is 1.45. The Morgan fingerprint density at radius 3 is 2.15 bits per heavy atom. The molecule has 0 aliphatic heterocycles. The molecule has 1 aromatic carbocycles. The molecule has 1 aromatic rings. The zero-order valence-electron chi connectivity index (χ0n) is 7.35. The number of hydrogen-bond acceptors (Lipinski definition) is 1. The monoisotopic (exact) mass is 170 g/mol. The van der Waals surface area contributed by atoms with Crippen molar-refractivity contribution in [1.82, 2.24) is 0 Å². The average Bonchev–Trinajstić information content (AvgIpc) is 2.71. The highest BCUT2D eigenvalue weighted by Crippen LogP contribution is 2.33. The second-order valence-corrected chi connectivity index (χ2v) is 3.11. The third-order valence-corrected chi connectivity index (χ3v) is 2.21. The van der Waals surface area contributed by atoms with Gasteiger partial charge in [0.15, 0.2) is 0 Å². The lowest BCUT2D eigenvalue weighted by molar-refractivity contribution is 0.786. The molecule has 0 unspecified atom stereocenters. The number of hydrogen-bond donors (Lipinski definition) is 1. The summed E-state index contributed by atoms with van der Waals surface area (Å²) in [5.74, 6) is 1.17. The van der Waals surface area contributed by atoms with Gasteiger partial charge in [-0.05, 0) is 31.2 Å². The van der Waals surface area contributed by atoms with Gasteiger partial charge >= 0.3 is 0 Å². The fourth-order valence-electron chi connectivity index (χ4n) is 1.45. The van der Waals surface area contributed by atoms with Crippen molar-refractivity contribution in [3.63, 3.8) is 0 Å². The smallest absolute Gasteiger partial charge is 0.0364 e. The second-order valence-electron chi connectivity index (χ2n) is 3.11. The predicted molar refractivity (Wildman–Crippen MR) is 53.8 cm³/mol. The molecule has 13 heavy (non-hydrogen) atoms. The first kappa shape index (κ1) is 8.76. The van der Waals surface area contributed by atoms with E-state index in [9.17, 15) is 0 Å². The highest BCUT2D eigenvalue weighted by Gasteiger charge is 2.24. The molecule has 1 nitrogen and oxygen atoms in total. The maximum atomic E-state index is 6.06. The van der Waals surface area contributed by atoms with Crippen LogP contribution < -0.4 is 5.73 Å². The van der Waals surface area contributed by atoms with E-state index < -0.39 is 0 Å². The topological polar surface area (TPSA) is 26.0 Å². The molecule has 1 saturated carbocycles. The van der Waals surface area contributed by atoms with Crippen LogP contribution in [0.5, 0.6) is 0 Å². The van der Waals surface area contributed by atoms with Gasteiger partial charge in [-0.1, -0.05) is 30.3 Å². The van der Waals surface area contributed by atoms with Crippen LogP contribution in [-0.2, 0) is 0 Å². The Kier molecular flexibility index (Phi) is 2.65. The molecule has 0 saturated heterocycles. The fraction of sp³-hybridized carbons (Fsp3) is 0.0833. The third kappa shape index (κ3) is 1.92. The quantitative estimate of drug-likeness (QED) is 0.722. The lowest BCUT2D eigenvalue weighted by Gasteiger charge is -2.17. The SMILES string of the molecule is N[C@H]([C]1[CH][CH][CH][CH]1)c1ccccc1. The Hall–Kier alpha value is -0.820.